The van der Waals surface area contributed by atoms with E-state index in [9.17, 15) is 13.2 Å². The van der Waals surface area contributed by atoms with Crippen LogP contribution < -0.4 is 15.8 Å². The van der Waals surface area contributed by atoms with Crippen LogP contribution in [-0.4, -0.2) is 29.3 Å². The quantitative estimate of drug-likeness (QED) is 0.337. The van der Waals surface area contributed by atoms with E-state index >= 15 is 0 Å². The number of furan rings is 1. The van der Waals surface area contributed by atoms with Crippen LogP contribution in [0.2, 0.25) is 0 Å². The van der Waals surface area contributed by atoms with Crippen LogP contribution in [0.3, 0.4) is 0 Å². The van der Waals surface area contributed by atoms with Crippen molar-refractivity contribution in [3.8, 4) is 5.75 Å². The number of hydrogen-bond acceptors (Lipinski definition) is 7. The number of hydrogen-bond donors (Lipinski definition) is 2. The van der Waals surface area contributed by atoms with Crippen LogP contribution in [0.1, 0.15) is 42.1 Å². The summed E-state index contributed by atoms with van der Waals surface area (Å²) in [5.74, 6) is 2.24. The molecule has 3 heterocycles. The minimum atomic E-state index is -4.50. The topological polar surface area (TPSA) is 95.4 Å². The monoisotopic (exact) mass is 486 g/mol. The van der Waals surface area contributed by atoms with Gasteiger partial charge in [-0.2, -0.15) is 13.2 Å². The minimum absolute atomic E-state index is 0.0391. The fourth-order valence-corrected chi connectivity index (χ4v) is 4.35. The number of halogens is 3. The first-order chi connectivity index (χ1) is 16.6. The lowest BCUT2D eigenvalue weighted by molar-refractivity contribution is -0.137. The number of aryl methyl sites for hydroxylation is 2. The van der Waals surface area contributed by atoms with Crippen molar-refractivity contribution >= 4 is 33.4 Å². The van der Waals surface area contributed by atoms with Gasteiger partial charge in [-0.25, -0.2) is 9.97 Å². The van der Waals surface area contributed by atoms with Gasteiger partial charge in [0.15, 0.2) is 11.3 Å². The van der Waals surface area contributed by atoms with E-state index in [1.165, 1.54) is 6.07 Å². The van der Waals surface area contributed by atoms with Crippen molar-refractivity contribution in [2.24, 2.45) is 0 Å². The second-order valence-corrected chi connectivity index (χ2v) is 8.85. The number of nitrogens with zero attached hydrogens (tertiary/aromatic N) is 2. The molecule has 1 saturated heterocycles. The van der Waals surface area contributed by atoms with Gasteiger partial charge in [-0.05, 0) is 56.7 Å². The molecule has 5 rings (SSSR count). The lowest BCUT2D eigenvalue weighted by Gasteiger charge is -2.20. The first kappa shape index (κ1) is 23.2. The highest BCUT2D eigenvalue weighted by atomic mass is 19.4. The molecule has 1 aliphatic rings. The van der Waals surface area contributed by atoms with E-state index in [-0.39, 0.29) is 11.8 Å². The van der Waals surface area contributed by atoms with E-state index in [1.807, 2.05) is 19.1 Å². The predicted molar refractivity (Wildman–Crippen MR) is 127 cm³/mol. The molecule has 4 aromatic rings. The first-order valence-electron chi connectivity index (χ1n) is 11.3. The number of anilines is 2. The first-order valence-corrected chi connectivity index (χ1v) is 11.3. The molecule has 1 aliphatic heterocycles. The Kier molecular flexibility index (Phi) is 5.71. The predicted octanol–water partition coefficient (Wildman–Crippen LogP) is 5.93. The van der Waals surface area contributed by atoms with Gasteiger partial charge in [0.25, 0.3) is 0 Å². The van der Waals surface area contributed by atoms with Crippen molar-refractivity contribution in [3.05, 3.63) is 53.0 Å². The average molecular weight is 486 g/mol. The third-order valence-electron chi connectivity index (χ3n) is 6.01. The van der Waals surface area contributed by atoms with E-state index < -0.39 is 17.8 Å². The average Bonchev–Trinajstić information content (AvgIpc) is 3.43. The van der Waals surface area contributed by atoms with Gasteiger partial charge in [-0.15, -0.1) is 0 Å². The zero-order valence-electron chi connectivity index (χ0n) is 19.5. The molecule has 1 fully saturated rings. The molecule has 2 aromatic heterocycles. The Labute approximate surface area is 199 Å². The van der Waals surface area contributed by atoms with Crippen molar-refractivity contribution in [2.45, 2.75) is 45.5 Å². The van der Waals surface area contributed by atoms with Crippen LogP contribution in [0.15, 0.2) is 34.7 Å². The number of rotatable bonds is 5. The third-order valence-corrected chi connectivity index (χ3v) is 6.01. The van der Waals surface area contributed by atoms with Gasteiger partial charge in [0.2, 0.25) is 0 Å². The number of fused-ring (bicyclic) bond motifs is 3. The van der Waals surface area contributed by atoms with Gasteiger partial charge in [0.05, 0.1) is 35.7 Å². The maximum atomic E-state index is 13.3. The second kappa shape index (κ2) is 8.60. The highest BCUT2D eigenvalue weighted by molar-refractivity contribution is 6.09. The van der Waals surface area contributed by atoms with Crippen molar-refractivity contribution in [2.75, 3.05) is 24.3 Å². The van der Waals surface area contributed by atoms with Gasteiger partial charge < -0.3 is 24.9 Å². The van der Waals surface area contributed by atoms with E-state index in [4.69, 9.17) is 19.6 Å². The van der Waals surface area contributed by atoms with E-state index in [2.05, 4.69) is 15.3 Å². The molecule has 1 unspecified atom stereocenters. The van der Waals surface area contributed by atoms with Crippen LogP contribution in [0.5, 0.6) is 5.75 Å². The Morgan fingerprint density at radius 1 is 1.11 bits per heavy atom. The Hall–Kier alpha value is -3.53. The molecular weight excluding hydrogens is 461 g/mol. The number of nitrogens with one attached hydrogen (secondary N) is 1. The Balaban J connectivity index is 1.60. The Morgan fingerprint density at radius 2 is 1.91 bits per heavy atom. The zero-order valence-corrected chi connectivity index (χ0v) is 19.5. The largest absolute Gasteiger partial charge is 0.484 e. The Morgan fingerprint density at radius 3 is 2.63 bits per heavy atom. The smallest absolute Gasteiger partial charge is 0.416 e. The van der Waals surface area contributed by atoms with Gasteiger partial charge in [0, 0.05) is 17.5 Å². The number of nitrogen functional groups attached to an aromatic ring is 1. The summed E-state index contributed by atoms with van der Waals surface area (Å²) in [5.41, 5.74) is 6.66. The van der Waals surface area contributed by atoms with E-state index in [1.54, 1.807) is 13.8 Å². The van der Waals surface area contributed by atoms with Crippen molar-refractivity contribution in [3.63, 3.8) is 0 Å². The van der Waals surface area contributed by atoms with E-state index in [0.29, 0.717) is 58.4 Å². The highest BCUT2D eigenvalue weighted by Gasteiger charge is 2.31. The minimum Gasteiger partial charge on any atom is -0.484 e. The molecule has 35 heavy (non-hydrogen) atoms. The molecule has 0 saturated carbocycles. The van der Waals surface area contributed by atoms with Crippen LogP contribution in [0.4, 0.5) is 24.7 Å². The summed E-state index contributed by atoms with van der Waals surface area (Å²) >= 11 is 0. The van der Waals surface area contributed by atoms with Gasteiger partial charge in [0.1, 0.15) is 23.5 Å². The summed E-state index contributed by atoms with van der Waals surface area (Å²) in [6.45, 7) is 6.48. The molecule has 0 bridgehead atoms. The fourth-order valence-electron chi connectivity index (χ4n) is 4.35. The lowest BCUT2D eigenvalue weighted by atomic mass is 10.0. The highest BCUT2D eigenvalue weighted by Crippen LogP contribution is 2.39. The fraction of sp³-hybridized carbons (Fsp3) is 0.360. The van der Waals surface area contributed by atoms with Crippen molar-refractivity contribution in [1.29, 1.82) is 0 Å². The lowest BCUT2D eigenvalue weighted by Crippen LogP contribution is -2.16. The van der Waals surface area contributed by atoms with E-state index in [0.717, 1.165) is 23.9 Å². The molecule has 2 aromatic carbocycles. The molecule has 7 nitrogen and oxygen atoms in total. The van der Waals surface area contributed by atoms with Crippen LogP contribution in [0, 0.1) is 13.8 Å². The second-order valence-electron chi connectivity index (χ2n) is 8.85. The number of benzene rings is 2. The standard InChI is InChI=1S/C25H25F3N4O3/c1-12-6-19-22-20(10-21(23(19)34-12)35-18-4-5-33-11-18)24(32-14(3)31-22)30-13(2)15-7-16(25(26,27)28)9-17(29)8-15/h6-10,13,18H,4-5,11,29H2,1-3H3,(H,30,31,32)/t13-,18?/m1/s1. The molecule has 2 atom stereocenters. The summed E-state index contributed by atoms with van der Waals surface area (Å²) in [4.78, 5) is 9.19. The molecule has 10 heteroatoms. The molecule has 184 valence electrons. The van der Waals surface area contributed by atoms with Gasteiger partial charge >= 0.3 is 6.18 Å². The maximum absolute atomic E-state index is 13.3. The molecule has 0 radical (unpaired) electrons. The molecule has 0 aliphatic carbocycles. The maximum Gasteiger partial charge on any atom is 0.416 e. The van der Waals surface area contributed by atoms with Crippen LogP contribution >= 0.6 is 0 Å². The SMILES string of the molecule is Cc1nc(N[C@H](C)c2cc(N)cc(C(F)(F)F)c2)c2cc(OC3CCOC3)c3oc(C)cc3c2n1. The summed E-state index contributed by atoms with van der Waals surface area (Å²) in [6.07, 6.45) is -3.83. The molecule has 3 N–H and O–H groups in total. The van der Waals surface area contributed by atoms with Gasteiger partial charge in [-0.3, -0.25) is 0 Å². The summed E-state index contributed by atoms with van der Waals surface area (Å²) in [6, 6.07) is 6.73. The Bertz CT molecular complexity index is 1410. The normalized spacial score (nSPS) is 17.3. The molecule has 0 spiro atoms. The third kappa shape index (κ3) is 4.58. The molecule has 0 amide bonds. The summed E-state index contributed by atoms with van der Waals surface area (Å²) in [5, 5.41) is 4.70. The number of nitrogens with two attached hydrogens (primary N) is 1. The van der Waals surface area contributed by atoms with Crippen molar-refractivity contribution < 1.29 is 27.1 Å². The zero-order chi connectivity index (χ0) is 24.9. The van der Waals surface area contributed by atoms with Crippen LogP contribution in [-0.2, 0) is 10.9 Å². The number of alkyl halides is 3. The summed E-state index contributed by atoms with van der Waals surface area (Å²) < 4.78 is 57.6. The molecular formula is C25H25F3N4O3. The van der Waals surface area contributed by atoms with Crippen LogP contribution in [0.25, 0.3) is 21.9 Å². The van der Waals surface area contributed by atoms with Crippen molar-refractivity contribution in [1.82, 2.24) is 9.97 Å². The van der Waals surface area contributed by atoms with Gasteiger partial charge in [-0.1, -0.05) is 0 Å². The number of ether oxygens (including phenoxy) is 2. The summed E-state index contributed by atoms with van der Waals surface area (Å²) in [7, 11) is 0. The number of aromatic nitrogens is 2.